The first kappa shape index (κ1) is 8.54. The first-order valence-corrected chi connectivity index (χ1v) is 4.03. The number of rotatable bonds is 2. The van der Waals surface area contributed by atoms with Gasteiger partial charge in [-0.2, -0.15) is 10.3 Å². The zero-order chi connectivity index (χ0) is 10.1. The molecule has 2 aromatic rings. The Morgan fingerprint density at radius 3 is 2.86 bits per heavy atom. The molecule has 0 saturated heterocycles. The highest BCUT2D eigenvalue weighted by Gasteiger charge is 2.17. The lowest BCUT2D eigenvalue weighted by molar-refractivity contribution is 0.0688. The summed E-state index contributed by atoms with van der Waals surface area (Å²) in [6, 6.07) is 0. The summed E-state index contributed by atoms with van der Waals surface area (Å²) in [5.41, 5.74) is 1.30. The van der Waals surface area contributed by atoms with Crippen molar-refractivity contribution in [2.45, 2.75) is 13.3 Å². The topological polar surface area (TPSA) is 105 Å². The monoisotopic (exact) mass is 193 g/mol. The van der Waals surface area contributed by atoms with Gasteiger partial charge in [0, 0.05) is 5.56 Å². The third-order valence-corrected chi connectivity index (χ3v) is 1.90. The highest BCUT2D eigenvalue weighted by Crippen LogP contribution is 2.14. The Morgan fingerprint density at radius 1 is 1.43 bits per heavy atom. The molecule has 0 bridgehead atoms. The minimum absolute atomic E-state index is 0.0612. The number of carbonyl (C=O) groups is 1. The molecular weight excluding hydrogens is 186 g/mol. The standard InChI is InChI=1S/C7H7N5O2/c1-2-3-4-6(11-12-9-4)10-8-5(3)7(13)14/h2H2,1H3,(H,13,14)(H,9,10,11,12). The fraction of sp³-hybridized carbons (Fsp3) is 0.286. The van der Waals surface area contributed by atoms with E-state index in [1.165, 1.54) is 0 Å². The summed E-state index contributed by atoms with van der Waals surface area (Å²) in [4.78, 5) is 10.8. The van der Waals surface area contributed by atoms with Crippen LogP contribution in [0.4, 0.5) is 0 Å². The average Bonchev–Trinajstić information content (AvgIpc) is 2.63. The molecule has 2 heterocycles. The number of hydrogen-bond donors (Lipinski definition) is 2. The quantitative estimate of drug-likeness (QED) is 0.695. The Morgan fingerprint density at radius 2 is 2.21 bits per heavy atom. The normalized spacial score (nSPS) is 10.6. The van der Waals surface area contributed by atoms with Crippen molar-refractivity contribution >= 4 is 17.1 Å². The molecule has 2 N–H and O–H groups in total. The number of hydrogen-bond acceptors (Lipinski definition) is 5. The molecular formula is C7H7N5O2. The van der Waals surface area contributed by atoms with Gasteiger partial charge in [0.25, 0.3) is 0 Å². The van der Waals surface area contributed by atoms with Crippen LogP contribution in [0.25, 0.3) is 11.2 Å². The smallest absolute Gasteiger partial charge is 0.356 e. The first-order chi connectivity index (χ1) is 6.74. The maximum atomic E-state index is 10.8. The second-order valence-corrected chi connectivity index (χ2v) is 2.68. The molecule has 0 aromatic carbocycles. The molecule has 0 aliphatic rings. The van der Waals surface area contributed by atoms with Crippen LogP contribution in [0, 0.1) is 0 Å². The van der Waals surface area contributed by atoms with Crippen LogP contribution in [0.1, 0.15) is 23.0 Å². The Hall–Kier alpha value is -2.05. The van der Waals surface area contributed by atoms with E-state index in [2.05, 4.69) is 25.6 Å². The van der Waals surface area contributed by atoms with Crippen LogP contribution < -0.4 is 0 Å². The molecule has 0 amide bonds. The zero-order valence-electron chi connectivity index (χ0n) is 7.35. The number of H-pyrrole nitrogens is 1. The first-order valence-electron chi connectivity index (χ1n) is 4.03. The van der Waals surface area contributed by atoms with Gasteiger partial charge >= 0.3 is 5.97 Å². The van der Waals surface area contributed by atoms with Crippen molar-refractivity contribution in [3.05, 3.63) is 11.3 Å². The number of carboxylic acid groups (broad SMARTS) is 1. The molecule has 0 radical (unpaired) electrons. The summed E-state index contributed by atoms with van der Waals surface area (Å²) >= 11 is 0. The van der Waals surface area contributed by atoms with Gasteiger partial charge in [0.15, 0.2) is 5.69 Å². The van der Waals surface area contributed by atoms with Crippen LogP contribution in [-0.2, 0) is 6.42 Å². The summed E-state index contributed by atoms with van der Waals surface area (Å²) in [5.74, 6) is -1.10. The predicted octanol–water partition coefficient (Wildman–Crippen LogP) is 0.00850. The summed E-state index contributed by atoms with van der Waals surface area (Å²) in [6.07, 6.45) is 0.528. The molecule has 7 nitrogen and oxygen atoms in total. The molecule has 2 aromatic heterocycles. The van der Waals surface area contributed by atoms with E-state index >= 15 is 0 Å². The second-order valence-electron chi connectivity index (χ2n) is 2.68. The van der Waals surface area contributed by atoms with Crippen LogP contribution in [0.5, 0.6) is 0 Å². The van der Waals surface area contributed by atoms with Gasteiger partial charge in [-0.1, -0.05) is 6.92 Å². The lowest BCUT2D eigenvalue weighted by Crippen LogP contribution is -2.07. The third kappa shape index (κ3) is 1.10. The Bertz CT molecular complexity index is 492. The summed E-state index contributed by atoms with van der Waals surface area (Å²) in [7, 11) is 0. The van der Waals surface area contributed by atoms with E-state index in [1.807, 2.05) is 6.92 Å². The number of aromatic nitrogens is 5. The van der Waals surface area contributed by atoms with Gasteiger partial charge in [-0.25, -0.2) is 4.79 Å². The lowest BCUT2D eigenvalue weighted by atomic mass is 10.1. The van der Waals surface area contributed by atoms with E-state index in [-0.39, 0.29) is 5.69 Å². The molecule has 0 fully saturated rings. The Kier molecular flexibility index (Phi) is 1.84. The molecule has 14 heavy (non-hydrogen) atoms. The Labute approximate surface area is 78.2 Å². The molecule has 0 saturated carbocycles. The number of nitrogens with one attached hydrogen (secondary N) is 1. The van der Waals surface area contributed by atoms with Crippen LogP contribution in [-0.4, -0.2) is 36.7 Å². The van der Waals surface area contributed by atoms with Gasteiger partial charge in [-0.3, -0.25) is 0 Å². The van der Waals surface area contributed by atoms with Crippen LogP contribution in [0.15, 0.2) is 0 Å². The number of aromatic amines is 1. The predicted molar refractivity (Wildman–Crippen MR) is 45.8 cm³/mol. The van der Waals surface area contributed by atoms with E-state index in [0.717, 1.165) is 0 Å². The average molecular weight is 193 g/mol. The van der Waals surface area contributed by atoms with Gasteiger partial charge in [0.05, 0.1) is 0 Å². The lowest BCUT2D eigenvalue weighted by Gasteiger charge is -1.99. The van der Waals surface area contributed by atoms with E-state index in [9.17, 15) is 4.79 Å². The van der Waals surface area contributed by atoms with Crippen molar-refractivity contribution in [2.24, 2.45) is 0 Å². The SMILES string of the molecule is CCc1c(C(=O)O)nnc2n[nH]nc12. The zero-order valence-corrected chi connectivity index (χ0v) is 7.35. The van der Waals surface area contributed by atoms with Crippen LogP contribution in [0.3, 0.4) is 0 Å². The van der Waals surface area contributed by atoms with E-state index in [0.29, 0.717) is 23.1 Å². The van der Waals surface area contributed by atoms with Crippen molar-refractivity contribution in [1.29, 1.82) is 0 Å². The molecule has 0 unspecified atom stereocenters. The number of carboxylic acids is 1. The second kappa shape index (κ2) is 3.02. The molecule has 72 valence electrons. The maximum Gasteiger partial charge on any atom is 0.356 e. The molecule has 7 heteroatoms. The minimum atomic E-state index is -1.10. The maximum absolute atomic E-state index is 10.8. The molecule has 2 rings (SSSR count). The fourth-order valence-corrected chi connectivity index (χ4v) is 1.27. The van der Waals surface area contributed by atoms with Crippen molar-refractivity contribution in [3.63, 3.8) is 0 Å². The van der Waals surface area contributed by atoms with E-state index < -0.39 is 5.97 Å². The largest absolute Gasteiger partial charge is 0.476 e. The van der Waals surface area contributed by atoms with Gasteiger partial charge < -0.3 is 5.11 Å². The summed E-state index contributed by atoms with van der Waals surface area (Å²) in [6.45, 7) is 1.83. The van der Waals surface area contributed by atoms with Crippen molar-refractivity contribution < 1.29 is 9.90 Å². The number of aromatic carboxylic acids is 1. The van der Waals surface area contributed by atoms with Gasteiger partial charge in [-0.15, -0.1) is 15.3 Å². The minimum Gasteiger partial charge on any atom is -0.476 e. The Balaban J connectivity index is 2.78. The summed E-state index contributed by atoms with van der Waals surface area (Å²) in [5, 5.41) is 26.0. The van der Waals surface area contributed by atoms with Gasteiger partial charge in [-0.05, 0) is 6.42 Å². The molecule has 0 aliphatic carbocycles. The van der Waals surface area contributed by atoms with Gasteiger partial charge in [0.1, 0.15) is 5.52 Å². The van der Waals surface area contributed by atoms with Crippen LogP contribution in [0.2, 0.25) is 0 Å². The summed E-state index contributed by atoms with van der Waals surface area (Å²) < 4.78 is 0. The number of nitrogens with zero attached hydrogens (tertiary/aromatic N) is 4. The van der Waals surface area contributed by atoms with Gasteiger partial charge in [0.2, 0.25) is 5.65 Å². The van der Waals surface area contributed by atoms with Crippen molar-refractivity contribution in [2.75, 3.05) is 0 Å². The molecule has 0 spiro atoms. The molecule has 0 atom stereocenters. The third-order valence-electron chi connectivity index (χ3n) is 1.90. The number of fused-ring (bicyclic) bond motifs is 1. The highest BCUT2D eigenvalue weighted by molar-refractivity contribution is 5.91. The van der Waals surface area contributed by atoms with Crippen molar-refractivity contribution in [3.8, 4) is 0 Å². The highest BCUT2D eigenvalue weighted by atomic mass is 16.4. The fourth-order valence-electron chi connectivity index (χ4n) is 1.27. The van der Waals surface area contributed by atoms with E-state index in [1.54, 1.807) is 0 Å². The van der Waals surface area contributed by atoms with Crippen LogP contribution >= 0.6 is 0 Å². The van der Waals surface area contributed by atoms with E-state index in [4.69, 9.17) is 5.11 Å². The molecule has 0 aliphatic heterocycles. The number of aryl methyl sites for hydroxylation is 1. The van der Waals surface area contributed by atoms with Crippen molar-refractivity contribution in [1.82, 2.24) is 25.6 Å².